The van der Waals surface area contributed by atoms with Crippen LogP contribution in [-0.4, -0.2) is 32.7 Å². The van der Waals surface area contributed by atoms with Gasteiger partial charge in [-0.25, -0.2) is 8.42 Å². The van der Waals surface area contributed by atoms with E-state index >= 15 is 0 Å². The summed E-state index contributed by atoms with van der Waals surface area (Å²) in [6.07, 6.45) is 8.29. The van der Waals surface area contributed by atoms with Crippen molar-refractivity contribution in [2.24, 2.45) is 17.8 Å². The summed E-state index contributed by atoms with van der Waals surface area (Å²) in [7, 11) is -3.54. The number of hydrogen-bond acceptors (Lipinski definition) is 3. The third kappa shape index (κ3) is 3.93. The lowest BCUT2D eigenvalue weighted by Crippen LogP contribution is -2.61. The van der Waals surface area contributed by atoms with Crippen molar-refractivity contribution >= 4 is 21.6 Å². The zero-order valence-electron chi connectivity index (χ0n) is 17.1. The third-order valence-electron chi connectivity index (χ3n) is 6.98. The van der Waals surface area contributed by atoms with Crippen LogP contribution in [0.1, 0.15) is 63.9 Å². The van der Waals surface area contributed by atoms with Gasteiger partial charge in [-0.1, -0.05) is 26.0 Å². The average Bonchev–Trinajstić information content (AvgIpc) is 2.57. The lowest BCUT2D eigenvalue weighted by molar-refractivity contribution is -0.125. The number of amides is 1. The zero-order valence-corrected chi connectivity index (χ0v) is 18.0. The van der Waals surface area contributed by atoms with Gasteiger partial charge in [0, 0.05) is 5.54 Å². The van der Waals surface area contributed by atoms with E-state index in [2.05, 4.69) is 19.2 Å². The largest absolute Gasteiger partial charge is 0.349 e. The van der Waals surface area contributed by atoms with Gasteiger partial charge < -0.3 is 5.32 Å². The van der Waals surface area contributed by atoms with Crippen molar-refractivity contribution < 1.29 is 13.2 Å². The molecule has 0 aliphatic heterocycles. The Hall–Kier alpha value is -1.56. The van der Waals surface area contributed by atoms with Crippen LogP contribution in [0.5, 0.6) is 0 Å². The molecule has 1 aromatic rings. The lowest BCUT2D eigenvalue weighted by Gasteiger charge is -2.57. The Bertz CT molecular complexity index is 810. The van der Waals surface area contributed by atoms with Crippen LogP contribution in [0.25, 0.3) is 0 Å². The molecule has 154 valence electrons. The van der Waals surface area contributed by atoms with Crippen molar-refractivity contribution in [3.05, 3.63) is 29.8 Å². The maximum atomic E-state index is 12.9. The molecule has 5 rings (SSSR count). The first kappa shape index (κ1) is 19.7. The number of anilines is 1. The number of carbonyl (C=O) groups is 1. The summed E-state index contributed by atoms with van der Waals surface area (Å²) in [6.45, 7) is 4.05. The van der Waals surface area contributed by atoms with Crippen molar-refractivity contribution in [1.82, 2.24) is 5.32 Å². The van der Waals surface area contributed by atoms with Gasteiger partial charge in [0.15, 0.2) is 0 Å². The van der Waals surface area contributed by atoms with E-state index in [1.165, 1.54) is 29.8 Å². The Morgan fingerprint density at radius 2 is 1.57 bits per heavy atom. The van der Waals surface area contributed by atoms with Crippen LogP contribution >= 0.6 is 0 Å². The van der Waals surface area contributed by atoms with Crippen molar-refractivity contribution in [3.63, 3.8) is 0 Å². The van der Waals surface area contributed by atoms with Crippen LogP contribution < -0.4 is 9.62 Å². The molecule has 0 unspecified atom stereocenters. The smallest absolute Gasteiger partial charge is 0.241 e. The van der Waals surface area contributed by atoms with Crippen LogP contribution in [0.3, 0.4) is 0 Å². The molecule has 0 spiro atoms. The van der Waals surface area contributed by atoms with Gasteiger partial charge in [-0.15, -0.1) is 0 Å². The molecule has 28 heavy (non-hydrogen) atoms. The molecule has 1 amide bonds. The summed E-state index contributed by atoms with van der Waals surface area (Å²) in [6, 6.07) is 7.48. The zero-order chi connectivity index (χ0) is 20.1. The molecular weight excluding hydrogens is 372 g/mol. The number of hydrogen-bond donors (Lipinski definition) is 1. The normalized spacial score (nSPS) is 31.2. The van der Waals surface area contributed by atoms with Crippen molar-refractivity contribution in [1.29, 1.82) is 0 Å². The van der Waals surface area contributed by atoms with Gasteiger partial charge in [0.2, 0.25) is 15.9 Å². The first-order valence-corrected chi connectivity index (χ1v) is 12.4. The minimum Gasteiger partial charge on any atom is -0.349 e. The number of rotatable bonds is 6. The Labute approximate surface area is 168 Å². The van der Waals surface area contributed by atoms with E-state index in [1.807, 2.05) is 12.1 Å². The minimum absolute atomic E-state index is 0.101. The molecule has 0 radical (unpaired) electrons. The van der Waals surface area contributed by atoms with Crippen LogP contribution in [0, 0.1) is 17.8 Å². The molecule has 4 saturated carbocycles. The molecule has 6 heteroatoms. The van der Waals surface area contributed by atoms with Crippen molar-refractivity contribution in [2.75, 3.05) is 17.1 Å². The van der Waals surface area contributed by atoms with E-state index in [9.17, 15) is 13.2 Å². The number of sulfonamides is 1. The number of nitrogens with one attached hydrogen (secondary N) is 1. The molecule has 0 heterocycles. The summed E-state index contributed by atoms with van der Waals surface area (Å²) in [5, 5.41) is 3.28. The second-order valence-corrected chi connectivity index (χ2v) is 11.7. The second kappa shape index (κ2) is 7.05. The van der Waals surface area contributed by atoms with Gasteiger partial charge in [0.25, 0.3) is 0 Å². The van der Waals surface area contributed by atoms with Gasteiger partial charge in [0.1, 0.15) is 6.54 Å². The van der Waals surface area contributed by atoms with E-state index in [0.29, 0.717) is 11.6 Å². The molecule has 1 N–H and O–H groups in total. The molecule has 4 aliphatic rings. The number of carbonyl (C=O) groups excluding carboxylic acids is 1. The number of nitrogens with zero attached hydrogens (tertiary/aromatic N) is 1. The predicted molar refractivity (Wildman–Crippen MR) is 112 cm³/mol. The van der Waals surface area contributed by atoms with Crippen molar-refractivity contribution in [3.8, 4) is 0 Å². The van der Waals surface area contributed by atoms with Gasteiger partial charge in [-0.3, -0.25) is 9.10 Å². The fraction of sp³-hybridized carbons (Fsp3) is 0.682. The van der Waals surface area contributed by atoms with E-state index in [1.54, 1.807) is 12.1 Å². The molecule has 5 nitrogen and oxygen atoms in total. The third-order valence-corrected chi connectivity index (χ3v) is 8.12. The molecule has 4 aliphatic carbocycles. The number of benzene rings is 1. The first-order chi connectivity index (χ1) is 13.1. The lowest BCUT2D eigenvalue weighted by atomic mass is 9.53. The molecule has 0 saturated heterocycles. The Morgan fingerprint density at radius 1 is 1.07 bits per heavy atom. The van der Waals surface area contributed by atoms with Gasteiger partial charge in [0.05, 0.1) is 11.9 Å². The molecule has 4 bridgehead atoms. The SMILES string of the molecule is CC(C)c1ccc(N(CC(=O)NC23CC4CC(CC(C4)C2)C3)S(C)(=O)=O)cc1. The summed E-state index contributed by atoms with van der Waals surface area (Å²) >= 11 is 0. The first-order valence-electron chi connectivity index (χ1n) is 10.5. The monoisotopic (exact) mass is 404 g/mol. The Morgan fingerprint density at radius 3 is 2.00 bits per heavy atom. The van der Waals surface area contributed by atoms with Crippen molar-refractivity contribution in [2.45, 2.75) is 63.8 Å². The van der Waals surface area contributed by atoms with Gasteiger partial charge in [-0.2, -0.15) is 0 Å². The molecule has 0 atom stereocenters. The predicted octanol–water partition coefficient (Wildman–Crippen LogP) is 3.66. The van der Waals surface area contributed by atoms with E-state index < -0.39 is 10.0 Å². The van der Waals surface area contributed by atoms with E-state index in [0.717, 1.165) is 42.6 Å². The van der Waals surface area contributed by atoms with E-state index in [-0.39, 0.29) is 18.0 Å². The van der Waals surface area contributed by atoms with E-state index in [4.69, 9.17) is 0 Å². The summed E-state index contributed by atoms with van der Waals surface area (Å²) in [5.41, 5.74) is 1.60. The van der Waals surface area contributed by atoms with Gasteiger partial charge >= 0.3 is 0 Å². The van der Waals surface area contributed by atoms with Crippen LogP contribution in [0.4, 0.5) is 5.69 Å². The summed E-state index contributed by atoms with van der Waals surface area (Å²) in [4.78, 5) is 12.9. The topological polar surface area (TPSA) is 66.5 Å². The maximum absolute atomic E-state index is 12.9. The Balaban J connectivity index is 1.49. The quantitative estimate of drug-likeness (QED) is 0.787. The van der Waals surface area contributed by atoms with Gasteiger partial charge in [-0.05, 0) is 79.9 Å². The highest BCUT2D eigenvalue weighted by atomic mass is 32.2. The average molecular weight is 405 g/mol. The Kier molecular flexibility index (Phi) is 4.97. The highest BCUT2D eigenvalue weighted by molar-refractivity contribution is 7.92. The second-order valence-electron chi connectivity index (χ2n) is 9.76. The molecule has 0 aromatic heterocycles. The summed E-state index contributed by atoms with van der Waals surface area (Å²) < 4.78 is 26.0. The molecule has 1 aromatic carbocycles. The highest BCUT2D eigenvalue weighted by Crippen LogP contribution is 2.55. The van der Waals surface area contributed by atoms with Crippen LogP contribution in [-0.2, 0) is 14.8 Å². The minimum atomic E-state index is -3.54. The highest BCUT2D eigenvalue weighted by Gasteiger charge is 2.51. The molecular formula is C22H32N2O3S. The van der Waals surface area contributed by atoms with Crippen LogP contribution in [0.2, 0.25) is 0 Å². The fourth-order valence-corrected chi connectivity index (χ4v) is 7.01. The standard InChI is InChI=1S/C22H32N2O3S/c1-15(2)19-4-6-20(7-5-19)24(28(3,26)27)14-21(25)23-22-11-16-8-17(12-22)10-18(9-16)13-22/h4-7,15-18H,8-14H2,1-3H3,(H,23,25). The molecule has 4 fully saturated rings. The van der Waals surface area contributed by atoms with Crippen LogP contribution in [0.15, 0.2) is 24.3 Å². The summed E-state index contributed by atoms with van der Waals surface area (Å²) in [5.74, 6) is 2.41. The maximum Gasteiger partial charge on any atom is 0.241 e. The fourth-order valence-electron chi connectivity index (χ4n) is 6.15.